The highest BCUT2D eigenvalue weighted by Gasteiger charge is 2.14. The molecular formula is C17H20N6. The molecule has 0 amide bonds. The van der Waals surface area contributed by atoms with Crippen LogP contribution in [-0.2, 0) is 13.1 Å². The third kappa shape index (κ3) is 3.92. The van der Waals surface area contributed by atoms with Crippen LogP contribution in [0.25, 0.3) is 0 Å². The zero-order valence-corrected chi connectivity index (χ0v) is 13.1. The summed E-state index contributed by atoms with van der Waals surface area (Å²) >= 11 is 0. The van der Waals surface area contributed by atoms with Gasteiger partial charge in [0.25, 0.3) is 0 Å². The van der Waals surface area contributed by atoms with Gasteiger partial charge in [0, 0.05) is 25.0 Å². The molecule has 0 saturated heterocycles. The van der Waals surface area contributed by atoms with Crippen molar-refractivity contribution in [3.63, 3.8) is 0 Å². The Morgan fingerprint density at radius 2 is 2.00 bits per heavy atom. The number of anilines is 1. The summed E-state index contributed by atoms with van der Waals surface area (Å²) in [7, 11) is 0. The van der Waals surface area contributed by atoms with Crippen molar-refractivity contribution >= 4 is 5.82 Å². The van der Waals surface area contributed by atoms with Gasteiger partial charge in [0.1, 0.15) is 11.6 Å². The average molecular weight is 308 g/mol. The van der Waals surface area contributed by atoms with E-state index in [0.29, 0.717) is 18.9 Å². The lowest BCUT2D eigenvalue weighted by molar-refractivity contribution is 0.550. The molecule has 0 aliphatic rings. The van der Waals surface area contributed by atoms with Gasteiger partial charge in [-0.15, -0.1) is 0 Å². The summed E-state index contributed by atoms with van der Waals surface area (Å²) in [5.74, 6) is 1.49. The van der Waals surface area contributed by atoms with E-state index >= 15 is 0 Å². The van der Waals surface area contributed by atoms with Gasteiger partial charge in [0.05, 0.1) is 18.3 Å². The van der Waals surface area contributed by atoms with Crippen LogP contribution in [0.3, 0.4) is 0 Å². The number of nitrogens with zero attached hydrogens (tertiary/aromatic N) is 4. The highest BCUT2D eigenvalue weighted by Crippen LogP contribution is 2.20. The van der Waals surface area contributed by atoms with E-state index in [1.165, 1.54) is 5.56 Å². The third-order valence-electron chi connectivity index (χ3n) is 3.55. The molecule has 3 aromatic rings. The summed E-state index contributed by atoms with van der Waals surface area (Å²) in [4.78, 5) is 8.78. The number of hydrogen-bond acceptors (Lipinski definition) is 5. The van der Waals surface area contributed by atoms with Crippen LogP contribution in [0.5, 0.6) is 0 Å². The Morgan fingerprint density at radius 1 is 1.17 bits per heavy atom. The molecule has 3 rings (SSSR count). The third-order valence-corrected chi connectivity index (χ3v) is 3.55. The molecule has 1 unspecified atom stereocenters. The fraction of sp³-hybridized carbons (Fsp3) is 0.235. The minimum Gasteiger partial charge on any atom is -0.361 e. The van der Waals surface area contributed by atoms with Crippen LogP contribution in [0.2, 0.25) is 0 Å². The molecule has 0 fully saturated rings. The summed E-state index contributed by atoms with van der Waals surface area (Å²) in [6, 6.07) is 14.1. The number of hydrogen-bond donors (Lipinski definition) is 2. The first-order chi connectivity index (χ1) is 11.2. The second kappa shape index (κ2) is 7.02. The standard InChI is InChI=1S/C17H20N6/c1-13-20-15(11-18)10-17(21-13)22-16(12-23-9-5-8-19-23)14-6-3-2-4-7-14/h2-10,16H,11-12,18H2,1H3,(H,20,21,22). The van der Waals surface area contributed by atoms with E-state index in [4.69, 9.17) is 5.73 Å². The molecule has 0 aliphatic heterocycles. The van der Waals surface area contributed by atoms with E-state index in [1.807, 2.05) is 48.1 Å². The second-order valence-electron chi connectivity index (χ2n) is 5.33. The van der Waals surface area contributed by atoms with Gasteiger partial charge in [-0.2, -0.15) is 5.10 Å². The van der Waals surface area contributed by atoms with Crippen molar-refractivity contribution in [2.45, 2.75) is 26.1 Å². The fourth-order valence-electron chi connectivity index (χ4n) is 2.50. The lowest BCUT2D eigenvalue weighted by atomic mass is 10.1. The quantitative estimate of drug-likeness (QED) is 0.730. The molecule has 6 nitrogen and oxygen atoms in total. The van der Waals surface area contributed by atoms with Crippen molar-refractivity contribution < 1.29 is 0 Å². The highest BCUT2D eigenvalue weighted by molar-refractivity contribution is 5.39. The minimum atomic E-state index is 0.0519. The predicted octanol–water partition coefficient (Wildman–Crippen LogP) is 2.29. The van der Waals surface area contributed by atoms with Crippen LogP contribution in [0.4, 0.5) is 5.82 Å². The molecule has 23 heavy (non-hydrogen) atoms. The topological polar surface area (TPSA) is 81.6 Å². The van der Waals surface area contributed by atoms with Crippen molar-refractivity contribution in [2.75, 3.05) is 5.32 Å². The normalized spacial score (nSPS) is 12.1. The number of benzene rings is 1. The zero-order chi connectivity index (χ0) is 16.1. The molecule has 1 atom stereocenters. The van der Waals surface area contributed by atoms with Crippen LogP contribution in [0, 0.1) is 6.92 Å². The molecule has 3 N–H and O–H groups in total. The van der Waals surface area contributed by atoms with Crippen molar-refractivity contribution in [2.24, 2.45) is 5.73 Å². The van der Waals surface area contributed by atoms with E-state index in [-0.39, 0.29) is 6.04 Å². The maximum absolute atomic E-state index is 5.71. The van der Waals surface area contributed by atoms with Crippen molar-refractivity contribution in [3.05, 3.63) is 71.9 Å². The second-order valence-corrected chi connectivity index (χ2v) is 5.33. The number of nitrogens with one attached hydrogen (secondary N) is 1. The SMILES string of the molecule is Cc1nc(CN)cc(NC(Cn2cccn2)c2ccccc2)n1. The first-order valence-electron chi connectivity index (χ1n) is 7.58. The van der Waals surface area contributed by atoms with E-state index in [9.17, 15) is 0 Å². The summed E-state index contributed by atoms with van der Waals surface area (Å²) in [6.45, 7) is 2.97. The Bertz CT molecular complexity index is 739. The molecule has 0 radical (unpaired) electrons. The largest absolute Gasteiger partial charge is 0.361 e. The monoisotopic (exact) mass is 308 g/mol. The lowest BCUT2D eigenvalue weighted by Gasteiger charge is -2.20. The Labute approximate surface area is 135 Å². The molecular weight excluding hydrogens is 288 g/mol. The molecule has 118 valence electrons. The predicted molar refractivity (Wildman–Crippen MR) is 89.7 cm³/mol. The summed E-state index contributed by atoms with van der Waals surface area (Å²) in [5, 5.41) is 7.78. The Balaban J connectivity index is 1.88. The first-order valence-corrected chi connectivity index (χ1v) is 7.58. The van der Waals surface area contributed by atoms with Gasteiger partial charge >= 0.3 is 0 Å². The van der Waals surface area contributed by atoms with E-state index < -0.39 is 0 Å². The van der Waals surface area contributed by atoms with Crippen molar-refractivity contribution in [1.82, 2.24) is 19.7 Å². The number of aromatic nitrogens is 4. The summed E-state index contributed by atoms with van der Waals surface area (Å²) in [5.41, 5.74) is 7.71. The van der Waals surface area contributed by atoms with Gasteiger partial charge in [-0.3, -0.25) is 4.68 Å². The summed E-state index contributed by atoms with van der Waals surface area (Å²) in [6.07, 6.45) is 3.73. The summed E-state index contributed by atoms with van der Waals surface area (Å²) < 4.78 is 1.91. The van der Waals surface area contributed by atoms with Crippen molar-refractivity contribution in [1.29, 1.82) is 0 Å². The van der Waals surface area contributed by atoms with E-state index in [0.717, 1.165) is 11.5 Å². The van der Waals surface area contributed by atoms with E-state index in [2.05, 4.69) is 32.5 Å². The molecule has 0 aliphatic carbocycles. The number of rotatable bonds is 6. The maximum Gasteiger partial charge on any atom is 0.130 e. The molecule has 1 aromatic carbocycles. The van der Waals surface area contributed by atoms with Crippen LogP contribution < -0.4 is 11.1 Å². The molecule has 0 saturated carbocycles. The van der Waals surface area contributed by atoms with E-state index in [1.54, 1.807) is 6.20 Å². The van der Waals surface area contributed by atoms with Crippen LogP contribution >= 0.6 is 0 Å². The average Bonchev–Trinajstić information content (AvgIpc) is 3.07. The van der Waals surface area contributed by atoms with Gasteiger partial charge in [-0.1, -0.05) is 30.3 Å². The molecule has 0 spiro atoms. The molecule has 6 heteroatoms. The number of nitrogens with two attached hydrogens (primary N) is 1. The molecule has 0 bridgehead atoms. The van der Waals surface area contributed by atoms with Crippen molar-refractivity contribution in [3.8, 4) is 0 Å². The zero-order valence-electron chi connectivity index (χ0n) is 13.1. The van der Waals surface area contributed by atoms with Gasteiger partial charge < -0.3 is 11.1 Å². The van der Waals surface area contributed by atoms with Gasteiger partial charge in [0.2, 0.25) is 0 Å². The maximum atomic E-state index is 5.71. The van der Waals surface area contributed by atoms with Crippen LogP contribution in [0.15, 0.2) is 54.9 Å². The lowest BCUT2D eigenvalue weighted by Crippen LogP contribution is -2.19. The minimum absolute atomic E-state index is 0.0519. The van der Waals surface area contributed by atoms with Crippen LogP contribution in [-0.4, -0.2) is 19.7 Å². The van der Waals surface area contributed by atoms with Gasteiger partial charge in [-0.25, -0.2) is 9.97 Å². The van der Waals surface area contributed by atoms with Gasteiger partial charge in [-0.05, 0) is 18.6 Å². The van der Waals surface area contributed by atoms with Crippen LogP contribution in [0.1, 0.15) is 23.1 Å². The number of aryl methyl sites for hydroxylation is 1. The Morgan fingerprint density at radius 3 is 2.70 bits per heavy atom. The first kappa shape index (κ1) is 15.2. The Kier molecular flexibility index (Phi) is 4.63. The Hall–Kier alpha value is -2.73. The molecule has 2 heterocycles. The van der Waals surface area contributed by atoms with Gasteiger partial charge in [0.15, 0.2) is 0 Å². The fourth-order valence-corrected chi connectivity index (χ4v) is 2.50. The highest BCUT2D eigenvalue weighted by atomic mass is 15.3. The smallest absolute Gasteiger partial charge is 0.130 e. The molecule has 2 aromatic heterocycles.